The summed E-state index contributed by atoms with van der Waals surface area (Å²) < 4.78 is 5.63. The zero-order chi connectivity index (χ0) is 21.5. The molecular weight excluding hydrogens is 513 g/mol. The molecule has 0 saturated carbocycles. The Morgan fingerprint density at radius 2 is 1.88 bits per heavy atom. The number of guanidine groups is 1. The smallest absolute Gasteiger partial charge is 0.191 e. The fraction of sp³-hybridized carbons (Fsp3) is 0.720. The topological polar surface area (TPSA) is 52.1 Å². The molecule has 1 aromatic rings. The Labute approximate surface area is 211 Å². The second-order valence-electron chi connectivity index (χ2n) is 9.49. The van der Waals surface area contributed by atoms with Crippen LogP contribution in [0.3, 0.4) is 0 Å². The number of benzene rings is 1. The van der Waals surface area contributed by atoms with Gasteiger partial charge in [-0.05, 0) is 89.4 Å². The van der Waals surface area contributed by atoms with Crippen LogP contribution in [0.1, 0.15) is 50.2 Å². The third-order valence-electron chi connectivity index (χ3n) is 7.28. The first-order valence-electron chi connectivity index (χ1n) is 12.4. The van der Waals surface area contributed by atoms with E-state index in [-0.39, 0.29) is 29.5 Å². The van der Waals surface area contributed by atoms with Gasteiger partial charge in [-0.1, -0.05) is 18.6 Å². The Balaban J connectivity index is 0.00000289. The van der Waals surface area contributed by atoms with Crippen molar-refractivity contribution in [3.8, 4) is 5.75 Å². The van der Waals surface area contributed by atoms with E-state index < -0.39 is 0 Å². The van der Waals surface area contributed by atoms with E-state index >= 15 is 0 Å². The van der Waals surface area contributed by atoms with Gasteiger partial charge in [0.05, 0.1) is 13.2 Å². The third-order valence-corrected chi connectivity index (χ3v) is 7.28. The monoisotopic (exact) mass is 555 g/mol. The van der Waals surface area contributed by atoms with E-state index in [0.29, 0.717) is 0 Å². The normalized spacial score (nSPS) is 21.4. The molecular formula is C25H42IN5O. The molecule has 0 bridgehead atoms. The van der Waals surface area contributed by atoms with Crippen LogP contribution in [0.25, 0.3) is 0 Å². The second-order valence-corrected chi connectivity index (χ2v) is 9.49. The highest BCUT2D eigenvalue weighted by molar-refractivity contribution is 14.0. The van der Waals surface area contributed by atoms with Crippen molar-refractivity contribution in [3.05, 3.63) is 29.3 Å². The molecule has 6 nitrogen and oxygen atoms in total. The summed E-state index contributed by atoms with van der Waals surface area (Å²) in [7, 11) is 2.25. The minimum absolute atomic E-state index is 0. The molecule has 0 unspecified atom stereocenters. The van der Waals surface area contributed by atoms with Crippen molar-refractivity contribution in [2.45, 2.75) is 57.4 Å². The fourth-order valence-corrected chi connectivity index (χ4v) is 5.27. The number of rotatable bonds is 7. The lowest BCUT2D eigenvalue weighted by molar-refractivity contribution is 0.0208. The molecule has 0 aromatic heterocycles. The van der Waals surface area contributed by atoms with Gasteiger partial charge >= 0.3 is 0 Å². The van der Waals surface area contributed by atoms with Gasteiger partial charge in [-0.15, -0.1) is 24.0 Å². The number of aliphatic imine (C=N–C) groups is 1. The van der Waals surface area contributed by atoms with E-state index in [1.807, 2.05) is 0 Å². The lowest BCUT2D eigenvalue weighted by atomic mass is 9.84. The van der Waals surface area contributed by atoms with Gasteiger partial charge < -0.3 is 20.3 Å². The number of halogens is 1. The van der Waals surface area contributed by atoms with E-state index in [2.05, 4.69) is 52.6 Å². The molecule has 3 aliphatic rings. The average Bonchev–Trinajstić information content (AvgIpc) is 3.27. The number of ether oxygens (including phenoxy) is 1. The van der Waals surface area contributed by atoms with Gasteiger partial charge in [-0.25, -0.2) is 0 Å². The first-order valence-corrected chi connectivity index (χ1v) is 12.4. The summed E-state index contributed by atoms with van der Waals surface area (Å²) >= 11 is 0. The Hall–Kier alpha value is -1.06. The fourth-order valence-electron chi connectivity index (χ4n) is 5.27. The highest BCUT2D eigenvalue weighted by Crippen LogP contribution is 2.31. The molecule has 2 saturated heterocycles. The second kappa shape index (κ2) is 12.4. The van der Waals surface area contributed by atoms with Crippen molar-refractivity contribution in [2.75, 3.05) is 59.5 Å². The summed E-state index contributed by atoms with van der Waals surface area (Å²) in [6, 6.07) is 6.62. The van der Waals surface area contributed by atoms with E-state index in [1.54, 1.807) is 0 Å². The maximum absolute atomic E-state index is 5.63. The van der Waals surface area contributed by atoms with E-state index in [9.17, 15) is 0 Å². The summed E-state index contributed by atoms with van der Waals surface area (Å²) in [5, 5.41) is 7.05. The Morgan fingerprint density at radius 3 is 2.62 bits per heavy atom. The van der Waals surface area contributed by atoms with Crippen LogP contribution in [0.15, 0.2) is 23.2 Å². The van der Waals surface area contributed by atoms with E-state index in [0.717, 1.165) is 50.8 Å². The van der Waals surface area contributed by atoms with Gasteiger partial charge in [0.25, 0.3) is 0 Å². The van der Waals surface area contributed by atoms with Crippen LogP contribution in [-0.2, 0) is 12.8 Å². The first-order chi connectivity index (χ1) is 15.2. The van der Waals surface area contributed by atoms with Crippen LogP contribution in [0.5, 0.6) is 5.75 Å². The van der Waals surface area contributed by atoms with Crippen LogP contribution in [0, 0.1) is 0 Å². The highest BCUT2D eigenvalue weighted by Gasteiger charge is 2.39. The first kappa shape index (κ1) is 25.6. The average molecular weight is 556 g/mol. The molecule has 0 aliphatic carbocycles. The van der Waals surface area contributed by atoms with Crippen LogP contribution in [0.4, 0.5) is 0 Å². The molecule has 3 heterocycles. The van der Waals surface area contributed by atoms with E-state index in [4.69, 9.17) is 9.73 Å². The molecule has 4 rings (SSSR count). The zero-order valence-electron chi connectivity index (χ0n) is 20.0. The van der Waals surface area contributed by atoms with Crippen molar-refractivity contribution >= 4 is 29.9 Å². The molecule has 0 amide bonds. The van der Waals surface area contributed by atoms with Crippen molar-refractivity contribution in [1.82, 2.24) is 20.4 Å². The standard InChI is InChI=1S/C25H41N5O.HI/c1-3-26-24(27-13-9-21-7-8-23-22(19-21)10-18-31-23)28-20-25(11-16-29(2)17-12-25)30-14-5-4-6-15-30;/h7-8,19H,3-6,9-18,20H2,1-2H3,(H2,26,27,28);1H. The quantitative estimate of drug-likeness (QED) is 0.308. The van der Waals surface area contributed by atoms with Crippen LogP contribution in [0.2, 0.25) is 0 Å². The SMILES string of the molecule is CCNC(=NCC1(N2CCCCC2)CCN(C)CC1)NCCc1ccc2c(c1)CCO2.I. The van der Waals surface area contributed by atoms with Gasteiger partial charge in [0, 0.05) is 25.0 Å². The van der Waals surface area contributed by atoms with Crippen molar-refractivity contribution in [3.63, 3.8) is 0 Å². The largest absolute Gasteiger partial charge is 0.493 e. The molecule has 180 valence electrons. The number of nitrogens with one attached hydrogen (secondary N) is 2. The summed E-state index contributed by atoms with van der Waals surface area (Å²) in [6.45, 7) is 10.5. The summed E-state index contributed by atoms with van der Waals surface area (Å²) in [5.74, 6) is 2.02. The summed E-state index contributed by atoms with van der Waals surface area (Å²) in [4.78, 5) is 10.3. The van der Waals surface area contributed by atoms with Gasteiger partial charge in [0.15, 0.2) is 5.96 Å². The van der Waals surface area contributed by atoms with Gasteiger partial charge in [-0.2, -0.15) is 0 Å². The van der Waals surface area contributed by atoms with Crippen LogP contribution < -0.4 is 15.4 Å². The van der Waals surface area contributed by atoms with Crippen LogP contribution >= 0.6 is 24.0 Å². The Bertz CT molecular complexity index is 742. The lowest BCUT2D eigenvalue weighted by Crippen LogP contribution is -2.58. The Morgan fingerprint density at radius 1 is 1.09 bits per heavy atom. The van der Waals surface area contributed by atoms with Crippen molar-refractivity contribution in [2.24, 2.45) is 4.99 Å². The number of fused-ring (bicyclic) bond motifs is 1. The van der Waals surface area contributed by atoms with Crippen molar-refractivity contribution < 1.29 is 4.74 Å². The highest BCUT2D eigenvalue weighted by atomic mass is 127. The van der Waals surface area contributed by atoms with Gasteiger partial charge in [0.2, 0.25) is 0 Å². The maximum atomic E-state index is 5.63. The minimum Gasteiger partial charge on any atom is -0.493 e. The van der Waals surface area contributed by atoms with E-state index in [1.165, 1.54) is 69.4 Å². The number of piperidine rings is 2. The number of hydrogen-bond donors (Lipinski definition) is 2. The maximum Gasteiger partial charge on any atom is 0.191 e. The molecule has 2 N–H and O–H groups in total. The lowest BCUT2D eigenvalue weighted by Gasteiger charge is -2.49. The third kappa shape index (κ3) is 6.50. The van der Waals surface area contributed by atoms with Gasteiger partial charge in [-0.3, -0.25) is 9.89 Å². The molecule has 3 aliphatic heterocycles. The molecule has 0 atom stereocenters. The molecule has 2 fully saturated rings. The number of hydrogen-bond acceptors (Lipinski definition) is 4. The number of likely N-dealkylation sites (tertiary alicyclic amines) is 2. The number of nitrogens with zero attached hydrogens (tertiary/aromatic N) is 3. The molecule has 0 spiro atoms. The summed E-state index contributed by atoms with van der Waals surface area (Å²) in [5.41, 5.74) is 2.95. The molecule has 32 heavy (non-hydrogen) atoms. The predicted octanol–water partition coefficient (Wildman–Crippen LogP) is 3.29. The molecule has 0 radical (unpaired) electrons. The van der Waals surface area contributed by atoms with Gasteiger partial charge in [0.1, 0.15) is 5.75 Å². The van der Waals surface area contributed by atoms with Crippen molar-refractivity contribution in [1.29, 1.82) is 0 Å². The molecule has 1 aromatic carbocycles. The summed E-state index contributed by atoms with van der Waals surface area (Å²) in [6.07, 6.45) is 8.55. The minimum atomic E-state index is 0. The predicted molar refractivity (Wildman–Crippen MR) is 144 cm³/mol. The molecule has 7 heteroatoms. The van der Waals surface area contributed by atoms with Crippen LogP contribution in [-0.4, -0.2) is 80.8 Å². The zero-order valence-corrected chi connectivity index (χ0v) is 22.3. The Kier molecular flexibility index (Phi) is 9.92.